The van der Waals surface area contributed by atoms with Gasteiger partial charge in [0.1, 0.15) is 11.9 Å². The van der Waals surface area contributed by atoms with Gasteiger partial charge in [0.2, 0.25) is 0 Å². The molecule has 0 atom stereocenters. The normalized spacial score (nSPS) is 14.3. The predicted octanol–water partition coefficient (Wildman–Crippen LogP) is 6.23. The highest BCUT2D eigenvalue weighted by Crippen LogP contribution is 2.32. The minimum Gasteiger partial charge on any atom is -0.490 e. The van der Waals surface area contributed by atoms with E-state index in [1.54, 1.807) is 53.4 Å². The first kappa shape index (κ1) is 25.1. The van der Waals surface area contributed by atoms with Gasteiger partial charge in [-0.25, -0.2) is 4.79 Å². The second kappa shape index (κ2) is 10.7. The minimum atomic E-state index is -4.43. The zero-order valence-electron chi connectivity index (χ0n) is 19.5. The van der Waals surface area contributed by atoms with Crippen LogP contribution in [0.15, 0.2) is 72.8 Å². The Morgan fingerprint density at radius 2 is 1.64 bits per heavy atom. The molecule has 0 aliphatic carbocycles. The lowest BCUT2D eigenvalue weighted by Gasteiger charge is -2.31. The highest BCUT2D eigenvalue weighted by molar-refractivity contribution is 6.08. The summed E-state index contributed by atoms with van der Waals surface area (Å²) in [5, 5.41) is 2.84. The topological polar surface area (TPSA) is 67.9 Å². The molecule has 3 aromatic rings. The van der Waals surface area contributed by atoms with Gasteiger partial charge in [0.15, 0.2) is 0 Å². The van der Waals surface area contributed by atoms with Crippen LogP contribution in [0.3, 0.4) is 0 Å². The van der Waals surface area contributed by atoms with E-state index >= 15 is 0 Å². The number of piperidine rings is 1. The van der Waals surface area contributed by atoms with Crippen LogP contribution in [0.5, 0.6) is 5.75 Å². The molecule has 1 N–H and O–H groups in total. The highest BCUT2D eigenvalue weighted by Gasteiger charge is 2.30. The Kier molecular flexibility index (Phi) is 7.47. The number of alkyl halides is 3. The van der Waals surface area contributed by atoms with E-state index in [1.807, 2.05) is 0 Å². The van der Waals surface area contributed by atoms with E-state index in [1.165, 1.54) is 19.2 Å². The molecule has 0 spiro atoms. The molecule has 1 fully saturated rings. The third-order valence-electron chi connectivity index (χ3n) is 5.96. The van der Waals surface area contributed by atoms with Crippen LogP contribution < -0.4 is 10.1 Å². The second-order valence-corrected chi connectivity index (χ2v) is 8.38. The third kappa shape index (κ3) is 5.97. The van der Waals surface area contributed by atoms with Crippen LogP contribution in [-0.2, 0) is 10.9 Å². The van der Waals surface area contributed by atoms with Gasteiger partial charge in [-0.15, -0.1) is 0 Å². The van der Waals surface area contributed by atoms with Gasteiger partial charge in [-0.3, -0.25) is 4.79 Å². The number of hydrogen-bond donors (Lipinski definition) is 1. The van der Waals surface area contributed by atoms with Crippen molar-refractivity contribution in [2.45, 2.75) is 25.1 Å². The summed E-state index contributed by atoms with van der Waals surface area (Å²) < 4.78 is 49.6. The average molecular weight is 499 g/mol. The van der Waals surface area contributed by atoms with E-state index < -0.39 is 17.6 Å². The average Bonchev–Trinajstić information content (AvgIpc) is 2.88. The van der Waals surface area contributed by atoms with Crippen molar-refractivity contribution in [2.24, 2.45) is 0 Å². The first-order valence-corrected chi connectivity index (χ1v) is 11.4. The standard InChI is InChI=1S/C27H25F3N2O4/c1-35-26(34)32-15-13-21(14-16-32)36-22-6-4-5-20(17-22)31-25(33)24-8-3-2-7-23(24)18-9-11-19(12-10-18)27(28,29)30/h2-12,17,21H,13-16H2,1H3,(H,31,33). The largest absolute Gasteiger partial charge is 0.490 e. The van der Waals surface area contributed by atoms with Gasteiger partial charge in [0.25, 0.3) is 5.91 Å². The predicted molar refractivity (Wildman–Crippen MR) is 129 cm³/mol. The summed E-state index contributed by atoms with van der Waals surface area (Å²) in [7, 11) is 1.35. The number of anilines is 1. The third-order valence-corrected chi connectivity index (χ3v) is 5.96. The molecule has 0 radical (unpaired) electrons. The number of hydrogen-bond acceptors (Lipinski definition) is 4. The van der Waals surface area contributed by atoms with Gasteiger partial charge in [0.05, 0.1) is 12.7 Å². The van der Waals surface area contributed by atoms with E-state index in [9.17, 15) is 22.8 Å². The first-order chi connectivity index (χ1) is 17.2. The first-order valence-electron chi connectivity index (χ1n) is 11.4. The molecule has 0 unspecified atom stereocenters. The van der Waals surface area contributed by atoms with Gasteiger partial charge in [0, 0.05) is 43.2 Å². The monoisotopic (exact) mass is 498 g/mol. The number of benzene rings is 3. The summed E-state index contributed by atoms with van der Waals surface area (Å²) in [5.74, 6) is 0.189. The summed E-state index contributed by atoms with van der Waals surface area (Å²) in [6.45, 7) is 1.07. The maximum Gasteiger partial charge on any atom is 0.416 e. The summed E-state index contributed by atoms with van der Waals surface area (Å²) in [5.41, 5.74) is 1.13. The number of amides is 2. The lowest BCUT2D eigenvalue weighted by molar-refractivity contribution is -0.137. The molecular weight excluding hydrogens is 473 g/mol. The zero-order chi connectivity index (χ0) is 25.7. The van der Waals surface area contributed by atoms with Gasteiger partial charge in [-0.05, 0) is 41.5 Å². The van der Waals surface area contributed by atoms with Crippen LogP contribution in [0.1, 0.15) is 28.8 Å². The van der Waals surface area contributed by atoms with Crippen LogP contribution >= 0.6 is 0 Å². The lowest BCUT2D eigenvalue weighted by Crippen LogP contribution is -2.41. The van der Waals surface area contributed by atoms with Crippen LogP contribution in [0, 0.1) is 0 Å². The van der Waals surface area contributed by atoms with E-state index in [-0.39, 0.29) is 12.2 Å². The number of rotatable bonds is 5. The quantitative estimate of drug-likeness (QED) is 0.453. The van der Waals surface area contributed by atoms with E-state index in [2.05, 4.69) is 5.32 Å². The van der Waals surface area contributed by atoms with Crippen LogP contribution in [0.2, 0.25) is 0 Å². The summed E-state index contributed by atoms with van der Waals surface area (Å²) in [6, 6.07) is 18.4. The fraction of sp³-hybridized carbons (Fsp3) is 0.259. The number of halogens is 3. The number of likely N-dealkylation sites (tertiary alicyclic amines) is 1. The molecule has 36 heavy (non-hydrogen) atoms. The van der Waals surface area contributed by atoms with Crippen molar-refractivity contribution >= 4 is 17.7 Å². The zero-order valence-corrected chi connectivity index (χ0v) is 19.5. The van der Waals surface area contributed by atoms with Crippen molar-refractivity contribution in [2.75, 3.05) is 25.5 Å². The van der Waals surface area contributed by atoms with Crippen LogP contribution in [-0.4, -0.2) is 43.2 Å². The van der Waals surface area contributed by atoms with Crippen molar-refractivity contribution in [3.63, 3.8) is 0 Å². The highest BCUT2D eigenvalue weighted by atomic mass is 19.4. The number of carbonyl (C=O) groups excluding carboxylic acids is 2. The number of ether oxygens (including phenoxy) is 2. The smallest absolute Gasteiger partial charge is 0.416 e. The molecule has 1 aliphatic heterocycles. The Morgan fingerprint density at radius 1 is 0.944 bits per heavy atom. The maximum atomic E-state index is 13.1. The molecule has 4 rings (SSSR count). The molecule has 6 nitrogen and oxygen atoms in total. The number of carbonyl (C=O) groups is 2. The molecule has 0 saturated carbocycles. The fourth-order valence-electron chi connectivity index (χ4n) is 4.09. The van der Waals surface area contributed by atoms with Gasteiger partial charge >= 0.3 is 12.3 Å². The van der Waals surface area contributed by atoms with Crippen LogP contribution in [0.4, 0.5) is 23.7 Å². The Balaban J connectivity index is 1.44. The van der Waals surface area contributed by atoms with E-state index in [0.29, 0.717) is 54.1 Å². The van der Waals surface area contributed by atoms with Gasteiger partial charge in [-0.2, -0.15) is 13.2 Å². The van der Waals surface area contributed by atoms with E-state index in [0.717, 1.165) is 12.1 Å². The number of nitrogens with one attached hydrogen (secondary N) is 1. The molecule has 1 saturated heterocycles. The molecule has 9 heteroatoms. The SMILES string of the molecule is COC(=O)N1CCC(Oc2cccc(NC(=O)c3ccccc3-c3ccc(C(F)(F)F)cc3)c2)CC1. The molecule has 1 heterocycles. The fourth-order valence-corrected chi connectivity index (χ4v) is 4.09. The number of methoxy groups -OCH3 is 1. The Labute approximate surface area is 206 Å². The van der Waals surface area contributed by atoms with Gasteiger partial charge in [-0.1, -0.05) is 36.4 Å². The molecule has 0 aromatic heterocycles. The Morgan fingerprint density at radius 3 is 2.31 bits per heavy atom. The van der Waals surface area contributed by atoms with Crippen LogP contribution in [0.25, 0.3) is 11.1 Å². The lowest BCUT2D eigenvalue weighted by atomic mass is 9.98. The molecule has 2 amide bonds. The van der Waals surface area contributed by atoms with Crippen molar-refractivity contribution in [1.29, 1.82) is 0 Å². The number of nitrogens with zero attached hydrogens (tertiary/aromatic N) is 1. The van der Waals surface area contributed by atoms with Crippen molar-refractivity contribution < 1.29 is 32.2 Å². The summed E-state index contributed by atoms with van der Waals surface area (Å²) >= 11 is 0. The maximum absolute atomic E-state index is 13.1. The Hall–Kier alpha value is -4.01. The molecule has 3 aromatic carbocycles. The summed E-state index contributed by atoms with van der Waals surface area (Å²) in [6.07, 6.45) is -3.54. The second-order valence-electron chi connectivity index (χ2n) is 8.38. The van der Waals surface area contributed by atoms with Crippen molar-refractivity contribution in [3.05, 3.63) is 83.9 Å². The molecule has 188 valence electrons. The molecule has 1 aliphatic rings. The van der Waals surface area contributed by atoms with E-state index in [4.69, 9.17) is 9.47 Å². The molecular formula is C27H25F3N2O4. The summed E-state index contributed by atoms with van der Waals surface area (Å²) in [4.78, 5) is 26.4. The van der Waals surface area contributed by atoms with Crippen molar-refractivity contribution in [1.82, 2.24) is 4.90 Å². The van der Waals surface area contributed by atoms with Crippen molar-refractivity contribution in [3.8, 4) is 16.9 Å². The Bertz CT molecular complexity index is 1220. The minimum absolute atomic E-state index is 0.0720. The molecule has 0 bridgehead atoms. The van der Waals surface area contributed by atoms with Gasteiger partial charge < -0.3 is 19.7 Å².